The molecule has 1 aliphatic rings. The Kier molecular flexibility index (Phi) is 3.01. The van der Waals surface area contributed by atoms with Crippen LogP contribution in [-0.2, 0) is 4.74 Å². The van der Waals surface area contributed by atoms with E-state index in [1.54, 1.807) is 0 Å². The fourth-order valence-electron chi connectivity index (χ4n) is 1.89. The van der Waals surface area contributed by atoms with E-state index in [0.717, 1.165) is 18.6 Å². The lowest BCUT2D eigenvalue weighted by Gasteiger charge is -2.11. The van der Waals surface area contributed by atoms with E-state index in [1.807, 2.05) is 6.92 Å². The van der Waals surface area contributed by atoms with Gasteiger partial charge in [-0.1, -0.05) is 6.07 Å². The second kappa shape index (κ2) is 4.29. The fourth-order valence-corrected chi connectivity index (χ4v) is 1.89. The number of hydrogen-bond acceptors (Lipinski definition) is 2. The van der Waals surface area contributed by atoms with Crippen molar-refractivity contribution in [2.24, 2.45) is 0 Å². The predicted molar refractivity (Wildman–Crippen MR) is 54.3 cm³/mol. The molecule has 1 heterocycles. The molecule has 1 aliphatic heterocycles. The molecule has 2 unspecified atom stereocenters. The summed E-state index contributed by atoms with van der Waals surface area (Å²) in [6, 6.07) is 3.39. The molecule has 86 valence electrons. The van der Waals surface area contributed by atoms with Gasteiger partial charge < -0.3 is 4.74 Å². The van der Waals surface area contributed by atoms with Crippen molar-refractivity contribution in [2.75, 3.05) is 0 Å². The molecule has 16 heavy (non-hydrogen) atoms. The van der Waals surface area contributed by atoms with Crippen LogP contribution in [0.1, 0.15) is 30.1 Å². The predicted octanol–water partition coefficient (Wildman–Crippen LogP) is 2.72. The molecule has 2 nitrogen and oxygen atoms in total. The van der Waals surface area contributed by atoms with Crippen LogP contribution in [0.2, 0.25) is 0 Å². The van der Waals surface area contributed by atoms with Gasteiger partial charge in [0, 0.05) is 0 Å². The Labute approximate surface area is 92.2 Å². The van der Waals surface area contributed by atoms with Gasteiger partial charge in [-0.15, -0.1) is 0 Å². The summed E-state index contributed by atoms with van der Waals surface area (Å²) in [6.45, 7) is 1.84. The van der Waals surface area contributed by atoms with Gasteiger partial charge in [-0.2, -0.15) is 0 Å². The zero-order valence-electron chi connectivity index (χ0n) is 8.87. The largest absolute Gasteiger partial charge is 0.367 e. The van der Waals surface area contributed by atoms with Crippen molar-refractivity contribution in [3.63, 3.8) is 0 Å². The molecule has 0 bridgehead atoms. The van der Waals surface area contributed by atoms with Crippen LogP contribution in [-0.4, -0.2) is 18.0 Å². The molecular formula is C12H12F2O2. The minimum Gasteiger partial charge on any atom is -0.367 e. The number of Topliss-reactive ketones (excluding diaryl/α,β-unsaturated/α-hetero) is 1. The summed E-state index contributed by atoms with van der Waals surface area (Å²) in [6.07, 6.45) is 0.533. The van der Waals surface area contributed by atoms with Gasteiger partial charge in [0.2, 0.25) is 0 Å². The summed E-state index contributed by atoms with van der Waals surface area (Å²) in [7, 11) is 0. The molecule has 0 aliphatic carbocycles. The van der Waals surface area contributed by atoms with Crippen molar-refractivity contribution in [3.05, 3.63) is 35.4 Å². The number of ether oxygens (including phenoxy) is 1. The van der Waals surface area contributed by atoms with E-state index in [2.05, 4.69) is 0 Å². The number of halogens is 2. The summed E-state index contributed by atoms with van der Waals surface area (Å²) in [4.78, 5) is 11.8. The standard InChI is InChI=1S/C12H12F2O2/c1-7-5-6-10(16-7)12(15)11-8(13)3-2-4-9(11)14/h2-4,7,10H,5-6H2,1H3. The molecule has 0 N–H and O–H groups in total. The van der Waals surface area contributed by atoms with E-state index >= 15 is 0 Å². The van der Waals surface area contributed by atoms with E-state index in [0.29, 0.717) is 6.42 Å². The molecule has 4 heteroatoms. The Morgan fingerprint density at radius 1 is 1.31 bits per heavy atom. The SMILES string of the molecule is CC1CCC(C(=O)c2c(F)cccc2F)O1. The molecule has 1 aromatic carbocycles. The summed E-state index contributed by atoms with van der Waals surface area (Å²) >= 11 is 0. The first kappa shape index (κ1) is 11.2. The van der Waals surface area contributed by atoms with Gasteiger partial charge in [-0.25, -0.2) is 8.78 Å². The summed E-state index contributed by atoms with van der Waals surface area (Å²) < 4.78 is 32.0. The van der Waals surface area contributed by atoms with Crippen LogP contribution in [0.4, 0.5) is 8.78 Å². The minimum absolute atomic E-state index is 0.0243. The van der Waals surface area contributed by atoms with E-state index in [1.165, 1.54) is 6.07 Å². The van der Waals surface area contributed by atoms with Crippen LogP contribution in [0, 0.1) is 11.6 Å². The third-order valence-corrected chi connectivity index (χ3v) is 2.73. The first-order valence-electron chi connectivity index (χ1n) is 5.23. The Hall–Kier alpha value is -1.29. The molecule has 2 rings (SSSR count). The van der Waals surface area contributed by atoms with Crippen LogP contribution < -0.4 is 0 Å². The average molecular weight is 226 g/mol. The van der Waals surface area contributed by atoms with Gasteiger partial charge in [0.1, 0.15) is 17.7 Å². The van der Waals surface area contributed by atoms with Crippen LogP contribution in [0.5, 0.6) is 0 Å². The number of benzene rings is 1. The van der Waals surface area contributed by atoms with Crippen molar-refractivity contribution in [1.29, 1.82) is 0 Å². The van der Waals surface area contributed by atoms with Crippen molar-refractivity contribution >= 4 is 5.78 Å². The van der Waals surface area contributed by atoms with Crippen LogP contribution in [0.3, 0.4) is 0 Å². The molecule has 1 saturated heterocycles. The highest BCUT2D eigenvalue weighted by Gasteiger charge is 2.31. The van der Waals surface area contributed by atoms with Crippen molar-refractivity contribution in [1.82, 2.24) is 0 Å². The van der Waals surface area contributed by atoms with E-state index in [-0.39, 0.29) is 6.10 Å². The summed E-state index contributed by atoms with van der Waals surface area (Å²) in [5.74, 6) is -2.25. The van der Waals surface area contributed by atoms with E-state index in [4.69, 9.17) is 4.74 Å². The first-order chi connectivity index (χ1) is 7.59. The molecular weight excluding hydrogens is 214 g/mol. The lowest BCUT2D eigenvalue weighted by Crippen LogP contribution is -2.23. The maximum atomic E-state index is 13.3. The minimum atomic E-state index is -0.826. The monoisotopic (exact) mass is 226 g/mol. The Morgan fingerprint density at radius 2 is 1.94 bits per heavy atom. The number of rotatable bonds is 2. The molecule has 2 atom stereocenters. The smallest absolute Gasteiger partial charge is 0.197 e. The number of carbonyl (C=O) groups is 1. The van der Waals surface area contributed by atoms with Gasteiger partial charge in [0.25, 0.3) is 0 Å². The molecule has 0 saturated carbocycles. The molecule has 0 aromatic heterocycles. The van der Waals surface area contributed by atoms with Crippen molar-refractivity contribution < 1.29 is 18.3 Å². The lowest BCUT2D eigenvalue weighted by molar-refractivity contribution is 0.0426. The molecule has 1 aromatic rings. The number of hydrogen-bond donors (Lipinski definition) is 0. The molecule has 0 spiro atoms. The number of carbonyl (C=O) groups excluding carboxylic acids is 1. The first-order valence-corrected chi connectivity index (χ1v) is 5.23. The summed E-state index contributed by atoms with van der Waals surface area (Å²) in [5, 5.41) is 0. The maximum Gasteiger partial charge on any atom is 0.197 e. The van der Waals surface area contributed by atoms with Gasteiger partial charge in [0.05, 0.1) is 11.7 Å². The second-order valence-electron chi connectivity index (χ2n) is 3.97. The Balaban J connectivity index is 2.27. The highest BCUT2D eigenvalue weighted by atomic mass is 19.1. The zero-order valence-corrected chi connectivity index (χ0v) is 8.87. The van der Waals surface area contributed by atoms with E-state index in [9.17, 15) is 13.6 Å². The fraction of sp³-hybridized carbons (Fsp3) is 0.417. The highest BCUT2D eigenvalue weighted by molar-refractivity contribution is 6.00. The normalized spacial score (nSPS) is 24.7. The van der Waals surface area contributed by atoms with Crippen molar-refractivity contribution in [2.45, 2.75) is 32.0 Å². The van der Waals surface area contributed by atoms with Gasteiger partial charge in [0.15, 0.2) is 5.78 Å². The highest BCUT2D eigenvalue weighted by Crippen LogP contribution is 2.24. The van der Waals surface area contributed by atoms with Gasteiger partial charge in [-0.3, -0.25) is 4.79 Å². The Morgan fingerprint density at radius 3 is 2.44 bits per heavy atom. The third kappa shape index (κ3) is 1.97. The van der Waals surface area contributed by atoms with E-state index < -0.39 is 29.1 Å². The lowest BCUT2D eigenvalue weighted by atomic mass is 10.0. The average Bonchev–Trinajstić information content (AvgIpc) is 2.64. The van der Waals surface area contributed by atoms with Crippen LogP contribution in [0.25, 0.3) is 0 Å². The van der Waals surface area contributed by atoms with Crippen LogP contribution >= 0.6 is 0 Å². The second-order valence-corrected chi connectivity index (χ2v) is 3.97. The van der Waals surface area contributed by atoms with Crippen LogP contribution in [0.15, 0.2) is 18.2 Å². The van der Waals surface area contributed by atoms with Crippen molar-refractivity contribution in [3.8, 4) is 0 Å². The maximum absolute atomic E-state index is 13.3. The van der Waals surface area contributed by atoms with Gasteiger partial charge >= 0.3 is 0 Å². The molecule has 0 radical (unpaired) electrons. The van der Waals surface area contributed by atoms with Gasteiger partial charge in [-0.05, 0) is 31.9 Å². The molecule has 0 amide bonds. The Bertz CT molecular complexity index is 397. The quantitative estimate of drug-likeness (QED) is 0.725. The molecule has 1 fully saturated rings. The number of ketones is 1. The zero-order chi connectivity index (χ0) is 11.7. The third-order valence-electron chi connectivity index (χ3n) is 2.73. The topological polar surface area (TPSA) is 26.3 Å². The summed E-state index contributed by atoms with van der Waals surface area (Å²) in [5.41, 5.74) is -0.485.